The van der Waals surface area contributed by atoms with Crippen LogP contribution in [0.5, 0.6) is 0 Å². The van der Waals surface area contributed by atoms with E-state index in [1.54, 1.807) is 0 Å². The molecular weight excluding hydrogens is 383 g/mol. The van der Waals surface area contributed by atoms with Crippen molar-refractivity contribution in [1.82, 2.24) is 0 Å². The van der Waals surface area contributed by atoms with Gasteiger partial charge in [0.2, 0.25) is 0 Å². The highest BCUT2D eigenvalue weighted by atomic mass is 19.4. The first kappa shape index (κ1) is 22.3. The Morgan fingerprint density at radius 1 is 0.862 bits per heavy atom. The van der Waals surface area contributed by atoms with Gasteiger partial charge in [0.1, 0.15) is 17.2 Å². The molecule has 0 atom stereocenters. The van der Waals surface area contributed by atoms with E-state index in [9.17, 15) is 22.0 Å². The molecule has 2 saturated carbocycles. The number of halogens is 5. The smallest absolute Gasteiger partial charge is 0.206 e. The molecule has 162 valence electrons. The summed E-state index contributed by atoms with van der Waals surface area (Å²) >= 11 is 0. The Kier molecular flexibility index (Phi) is 7.39. The van der Waals surface area contributed by atoms with Gasteiger partial charge in [-0.2, -0.15) is 13.2 Å². The second kappa shape index (κ2) is 9.61. The maximum Gasteiger partial charge on any atom is 0.422 e. The molecule has 0 nitrogen and oxygen atoms in total. The Morgan fingerprint density at radius 2 is 1.38 bits per heavy atom. The van der Waals surface area contributed by atoms with Crippen LogP contribution in [0.15, 0.2) is 24.3 Å². The monoisotopic (exact) mass is 414 g/mol. The van der Waals surface area contributed by atoms with Crippen LogP contribution >= 0.6 is 0 Å². The van der Waals surface area contributed by atoms with E-state index >= 15 is 0 Å². The normalized spacial score (nSPS) is 28.8. The van der Waals surface area contributed by atoms with E-state index in [1.165, 1.54) is 32.1 Å². The van der Waals surface area contributed by atoms with Crippen molar-refractivity contribution >= 4 is 0 Å². The molecule has 29 heavy (non-hydrogen) atoms. The van der Waals surface area contributed by atoms with E-state index in [2.05, 4.69) is 19.1 Å². The first-order chi connectivity index (χ1) is 13.8. The summed E-state index contributed by atoms with van der Waals surface area (Å²) in [5.74, 6) is -0.829. The van der Waals surface area contributed by atoms with Crippen LogP contribution in [0, 0.1) is 29.4 Å². The van der Waals surface area contributed by atoms with Gasteiger partial charge in [-0.3, -0.25) is 0 Å². The lowest BCUT2D eigenvalue weighted by molar-refractivity contribution is -0.142. The SMILES string of the molecule is CC=CCCC1CCC(C2CCC(c3cc(F)c(C(F)(F)F)c(F)c3)CC2)CC1. The molecule has 1 aromatic rings. The van der Waals surface area contributed by atoms with Gasteiger partial charge in [-0.25, -0.2) is 8.78 Å². The minimum atomic E-state index is -5.00. The summed E-state index contributed by atoms with van der Waals surface area (Å²) < 4.78 is 66.1. The van der Waals surface area contributed by atoms with Gasteiger partial charge < -0.3 is 0 Å². The van der Waals surface area contributed by atoms with Gasteiger partial charge in [0.05, 0.1) is 0 Å². The topological polar surface area (TPSA) is 0 Å². The van der Waals surface area contributed by atoms with Crippen molar-refractivity contribution < 1.29 is 22.0 Å². The number of alkyl halides is 3. The van der Waals surface area contributed by atoms with Crippen LogP contribution in [0.2, 0.25) is 0 Å². The van der Waals surface area contributed by atoms with Gasteiger partial charge >= 0.3 is 6.18 Å². The van der Waals surface area contributed by atoms with Crippen molar-refractivity contribution in [3.8, 4) is 0 Å². The van der Waals surface area contributed by atoms with Crippen molar-refractivity contribution in [3.63, 3.8) is 0 Å². The molecule has 0 aliphatic heterocycles. The van der Waals surface area contributed by atoms with E-state index in [0.29, 0.717) is 11.5 Å². The fourth-order valence-corrected chi connectivity index (χ4v) is 5.47. The number of hydrogen-bond donors (Lipinski definition) is 0. The third kappa shape index (κ3) is 5.61. The maximum atomic E-state index is 13.9. The third-order valence-corrected chi connectivity index (χ3v) is 7.13. The second-order valence-electron chi connectivity index (χ2n) is 8.90. The summed E-state index contributed by atoms with van der Waals surface area (Å²) in [6.45, 7) is 2.06. The van der Waals surface area contributed by atoms with Gasteiger partial charge in [0.25, 0.3) is 0 Å². The van der Waals surface area contributed by atoms with Crippen LogP contribution in [0.25, 0.3) is 0 Å². The second-order valence-corrected chi connectivity index (χ2v) is 8.90. The molecule has 0 saturated heterocycles. The van der Waals surface area contributed by atoms with Crippen LogP contribution in [-0.4, -0.2) is 0 Å². The number of allylic oxidation sites excluding steroid dienone is 2. The molecular formula is C24H31F5. The summed E-state index contributed by atoms with van der Waals surface area (Å²) in [4.78, 5) is 0. The molecule has 0 spiro atoms. The predicted molar refractivity (Wildman–Crippen MR) is 106 cm³/mol. The highest BCUT2D eigenvalue weighted by Crippen LogP contribution is 2.45. The van der Waals surface area contributed by atoms with Crippen LogP contribution in [0.4, 0.5) is 22.0 Å². The quantitative estimate of drug-likeness (QED) is 0.335. The number of rotatable bonds is 5. The lowest BCUT2D eigenvalue weighted by Gasteiger charge is -2.38. The molecule has 2 fully saturated rings. The van der Waals surface area contributed by atoms with Crippen LogP contribution in [0.1, 0.15) is 88.2 Å². The first-order valence-corrected chi connectivity index (χ1v) is 11.0. The molecule has 2 aliphatic carbocycles. The molecule has 0 bridgehead atoms. The van der Waals surface area contributed by atoms with E-state index in [1.807, 2.05) is 0 Å². The van der Waals surface area contributed by atoms with Crippen molar-refractivity contribution in [3.05, 3.63) is 47.0 Å². The minimum Gasteiger partial charge on any atom is -0.206 e. The molecule has 0 amide bonds. The van der Waals surface area contributed by atoms with Crippen molar-refractivity contribution in [1.29, 1.82) is 0 Å². The Hall–Kier alpha value is -1.39. The Labute approximate surface area is 170 Å². The lowest BCUT2D eigenvalue weighted by Crippen LogP contribution is -2.25. The number of hydrogen-bond acceptors (Lipinski definition) is 0. The average molecular weight is 415 g/mol. The molecule has 3 rings (SSSR count). The summed E-state index contributed by atoms with van der Waals surface area (Å²) in [6.07, 6.45) is 10.5. The summed E-state index contributed by atoms with van der Waals surface area (Å²) in [5.41, 5.74) is -1.40. The Bertz CT molecular complexity index is 667. The van der Waals surface area contributed by atoms with Crippen molar-refractivity contribution in [2.24, 2.45) is 17.8 Å². The van der Waals surface area contributed by atoms with E-state index in [-0.39, 0.29) is 5.92 Å². The highest BCUT2D eigenvalue weighted by molar-refractivity contribution is 5.30. The molecule has 0 unspecified atom stereocenters. The maximum absolute atomic E-state index is 13.9. The first-order valence-electron chi connectivity index (χ1n) is 11.0. The molecule has 0 radical (unpaired) electrons. The highest BCUT2D eigenvalue weighted by Gasteiger charge is 2.39. The van der Waals surface area contributed by atoms with Gasteiger partial charge in [0, 0.05) is 0 Å². The zero-order chi connectivity index (χ0) is 21.0. The standard InChI is InChI=1S/C24H31F5/c1-2-3-4-5-16-6-8-17(9-7-16)18-10-12-19(13-11-18)20-14-21(25)23(22(26)15-20)24(27,28)29/h2-3,14-19H,4-13H2,1H3. The van der Waals surface area contributed by atoms with Gasteiger partial charge in [-0.15, -0.1) is 0 Å². The van der Waals surface area contributed by atoms with Gasteiger partial charge in [-0.1, -0.05) is 25.0 Å². The van der Waals surface area contributed by atoms with Crippen LogP contribution in [0.3, 0.4) is 0 Å². The number of benzene rings is 1. The molecule has 0 aromatic heterocycles. The largest absolute Gasteiger partial charge is 0.422 e. The Balaban J connectivity index is 1.52. The molecule has 5 heteroatoms. The van der Waals surface area contributed by atoms with Gasteiger partial charge in [0.15, 0.2) is 0 Å². The fraction of sp³-hybridized carbons (Fsp3) is 0.667. The minimum absolute atomic E-state index is 0.0466. The summed E-state index contributed by atoms with van der Waals surface area (Å²) in [5, 5.41) is 0. The Morgan fingerprint density at radius 3 is 1.86 bits per heavy atom. The summed E-state index contributed by atoms with van der Waals surface area (Å²) in [7, 11) is 0. The van der Waals surface area contributed by atoms with Crippen molar-refractivity contribution in [2.45, 2.75) is 83.2 Å². The molecule has 0 heterocycles. The van der Waals surface area contributed by atoms with Crippen molar-refractivity contribution in [2.75, 3.05) is 0 Å². The van der Waals surface area contributed by atoms with Crippen LogP contribution < -0.4 is 0 Å². The summed E-state index contributed by atoms with van der Waals surface area (Å²) in [6, 6.07) is 1.79. The molecule has 2 aliphatic rings. The molecule has 0 N–H and O–H groups in total. The predicted octanol–water partition coefficient (Wildman–Crippen LogP) is 8.42. The fourth-order valence-electron chi connectivity index (χ4n) is 5.47. The molecule has 1 aromatic carbocycles. The lowest BCUT2D eigenvalue weighted by atomic mass is 9.68. The van der Waals surface area contributed by atoms with E-state index < -0.39 is 23.4 Å². The van der Waals surface area contributed by atoms with E-state index in [4.69, 9.17) is 0 Å². The van der Waals surface area contributed by atoms with Gasteiger partial charge in [-0.05, 0) is 99.7 Å². The van der Waals surface area contributed by atoms with E-state index in [0.717, 1.165) is 56.1 Å². The van der Waals surface area contributed by atoms with Crippen LogP contribution in [-0.2, 0) is 6.18 Å². The third-order valence-electron chi connectivity index (χ3n) is 7.13. The average Bonchev–Trinajstić information content (AvgIpc) is 2.67. The zero-order valence-electron chi connectivity index (χ0n) is 17.1. The zero-order valence-corrected chi connectivity index (χ0v) is 17.1.